The summed E-state index contributed by atoms with van der Waals surface area (Å²) in [5.41, 5.74) is 3.61. The third kappa shape index (κ3) is 11.6. The number of alkyl carbamates (subject to hydrolysis) is 1. The summed E-state index contributed by atoms with van der Waals surface area (Å²) in [6.45, 7) is 5.97. The van der Waals surface area contributed by atoms with E-state index in [1.807, 2.05) is 18.7 Å². The molecule has 3 unspecified atom stereocenters. The highest BCUT2D eigenvalue weighted by molar-refractivity contribution is 7.47. The third-order valence-electron chi connectivity index (χ3n) is 9.50. The highest BCUT2D eigenvalue weighted by Crippen LogP contribution is 2.53. The molecule has 53 heavy (non-hydrogen) atoms. The summed E-state index contributed by atoms with van der Waals surface area (Å²) in [4.78, 5) is 35.7. The van der Waals surface area contributed by atoms with Gasteiger partial charge in [-0.15, -0.1) is 5.10 Å². The van der Waals surface area contributed by atoms with Gasteiger partial charge in [-0.05, 0) is 68.1 Å². The first-order chi connectivity index (χ1) is 25.6. The number of allylic oxidation sites excluding steroid dienone is 7. The number of aliphatic hydroxyl groups is 1. The van der Waals surface area contributed by atoms with Crippen molar-refractivity contribution in [1.82, 2.24) is 30.5 Å². The molecule has 0 spiro atoms. The number of amides is 3. The Hall–Kier alpha value is -4.25. The maximum atomic E-state index is 12.3. The third-order valence-corrected chi connectivity index (χ3v) is 10.4. The van der Waals surface area contributed by atoms with Gasteiger partial charge >= 0.3 is 19.9 Å². The second-order valence-electron chi connectivity index (χ2n) is 13.0. The van der Waals surface area contributed by atoms with Crippen molar-refractivity contribution in [2.24, 2.45) is 24.8 Å². The molecule has 290 valence electrons. The van der Waals surface area contributed by atoms with E-state index in [1.165, 1.54) is 22.9 Å². The van der Waals surface area contributed by atoms with Gasteiger partial charge in [0.2, 0.25) is 0 Å². The molecule has 0 radical (unpaired) electrons. The number of aromatic nitrogens is 3. The number of urea groups is 1. The number of carbonyl (C=O) groups is 2. The smallest absolute Gasteiger partial charge is 0.495 e. The number of phosphoric acid groups is 1. The Morgan fingerprint density at radius 3 is 2.64 bits per heavy atom. The predicted octanol–water partition coefficient (Wildman–Crippen LogP) is 3.51. The molecule has 0 bridgehead atoms. The fourth-order valence-electron chi connectivity index (χ4n) is 6.58. The van der Waals surface area contributed by atoms with Crippen LogP contribution in [0.25, 0.3) is 0 Å². The van der Waals surface area contributed by atoms with E-state index in [0.29, 0.717) is 36.5 Å². The number of ether oxygens (including phenoxy) is 4. The van der Waals surface area contributed by atoms with Gasteiger partial charge in [0.25, 0.3) is 0 Å². The van der Waals surface area contributed by atoms with Crippen LogP contribution in [0.5, 0.6) is 0 Å². The van der Waals surface area contributed by atoms with Crippen molar-refractivity contribution in [3.8, 4) is 0 Å². The van der Waals surface area contributed by atoms with Crippen molar-refractivity contribution in [2.75, 3.05) is 39.6 Å². The molecule has 2 aliphatic heterocycles. The monoisotopic (exact) mass is 760 g/mol. The van der Waals surface area contributed by atoms with Gasteiger partial charge in [0, 0.05) is 31.9 Å². The molecule has 3 amide bonds. The molecule has 2 fully saturated rings. The SMILES string of the molecule is C=C1NC(=O)N([C@H]2CC(O/C=C/C=C/C=C/C=C/OP(=O)(O)OCCOCCNC(=O)OCC3[C@H]4CCc5nnn(C)c5CC[C@@H]34)[C@@H](CO)O2)C=C1C. The van der Waals surface area contributed by atoms with Crippen LogP contribution in [-0.4, -0.2) is 100 Å². The summed E-state index contributed by atoms with van der Waals surface area (Å²) in [5, 5.41) is 23.4. The molecule has 1 aromatic heterocycles. The standard InChI is InChI=1S/C35H49N6O11P/c1-24-21-41(34(43)37-25(24)2)33-20-31(32(22-42)52-33)48-15-8-6-4-5-7-9-16-50-53(45,46)51-19-18-47-17-14-36-35(44)49-23-28-26-10-12-29-30(13-11-27(26)28)40(3)39-38-29/h4-9,15-16,21,26-28,31-33,42H,2,10-14,17-20,22-23H2,1,3H3,(H,36,44)(H,37,43)(H,45,46)/b6-4+,7-5+,15-8+,16-9+/t26-,27+,28?,31?,32+,33+/m0/s1. The molecule has 18 heteroatoms. The second kappa shape index (κ2) is 19.2. The number of hydrogen-bond acceptors (Lipinski definition) is 12. The lowest BCUT2D eigenvalue weighted by Gasteiger charge is -2.30. The molecule has 4 N–H and O–H groups in total. The van der Waals surface area contributed by atoms with Gasteiger partial charge in [-0.2, -0.15) is 0 Å². The molecular weight excluding hydrogens is 711 g/mol. The summed E-state index contributed by atoms with van der Waals surface area (Å²) in [6, 6.07) is -0.357. The first kappa shape index (κ1) is 39.9. The molecule has 3 heterocycles. The lowest BCUT2D eigenvalue weighted by molar-refractivity contribution is -0.0554. The van der Waals surface area contributed by atoms with Crippen molar-refractivity contribution < 1.29 is 52.1 Å². The second-order valence-corrected chi connectivity index (χ2v) is 14.4. The fourth-order valence-corrected chi connectivity index (χ4v) is 7.17. The normalized spacial score (nSPS) is 26.9. The Morgan fingerprint density at radius 2 is 1.87 bits per heavy atom. The van der Waals surface area contributed by atoms with E-state index < -0.39 is 32.4 Å². The van der Waals surface area contributed by atoms with Gasteiger partial charge in [0.1, 0.15) is 18.4 Å². The van der Waals surface area contributed by atoms with Crippen molar-refractivity contribution in [3.05, 3.63) is 84.4 Å². The minimum Gasteiger partial charge on any atom is -0.495 e. The van der Waals surface area contributed by atoms with Crippen LogP contribution >= 0.6 is 7.82 Å². The molecule has 7 atom stereocenters. The van der Waals surface area contributed by atoms with Crippen LogP contribution in [0.4, 0.5) is 9.59 Å². The molecule has 5 rings (SSSR count). The Kier molecular flexibility index (Phi) is 14.5. The summed E-state index contributed by atoms with van der Waals surface area (Å²) >= 11 is 0. The van der Waals surface area contributed by atoms with E-state index in [0.717, 1.165) is 43.2 Å². The highest BCUT2D eigenvalue weighted by atomic mass is 31.2. The van der Waals surface area contributed by atoms with E-state index in [9.17, 15) is 24.2 Å². The van der Waals surface area contributed by atoms with E-state index in [-0.39, 0.29) is 39.0 Å². The first-order valence-corrected chi connectivity index (χ1v) is 19.1. The molecule has 2 aliphatic carbocycles. The maximum absolute atomic E-state index is 12.3. The summed E-state index contributed by atoms with van der Waals surface area (Å²) in [6.07, 6.45) is 16.0. The number of carbonyl (C=O) groups excluding carboxylic acids is 2. The topological polar surface area (TPSA) is 205 Å². The Labute approximate surface area is 308 Å². The largest absolute Gasteiger partial charge is 0.526 e. The minimum absolute atomic E-state index is 0.0205. The Morgan fingerprint density at radius 1 is 1.13 bits per heavy atom. The molecule has 17 nitrogen and oxygen atoms in total. The van der Waals surface area contributed by atoms with Crippen LogP contribution in [-0.2, 0) is 52.4 Å². The van der Waals surface area contributed by atoms with Gasteiger partial charge in [-0.1, -0.05) is 36.1 Å². The zero-order valence-corrected chi connectivity index (χ0v) is 30.8. The van der Waals surface area contributed by atoms with Crippen LogP contribution in [0.2, 0.25) is 0 Å². The number of aliphatic hydroxyl groups excluding tert-OH is 1. The zero-order chi connectivity index (χ0) is 37.8. The zero-order valence-electron chi connectivity index (χ0n) is 30.0. The van der Waals surface area contributed by atoms with Gasteiger partial charge in [-0.3, -0.25) is 19.0 Å². The predicted molar refractivity (Wildman–Crippen MR) is 190 cm³/mol. The highest BCUT2D eigenvalue weighted by Gasteiger charge is 2.50. The number of hydrogen-bond donors (Lipinski definition) is 4. The van der Waals surface area contributed by atoms with E-state index in [4.69, 9.17) is 28.0 Å². The number of fused-ring (bicyclic) bond motifs is 2. The first-order valence-electron chi connectivity index (χ1n) is 17.6. The molecule has 1 saturated carbocycles. The quantitative estimate of drug-likeness (QED) is 0.0733. The summed E-state index contributed by atoms with van der Waals surface area (Å²) < 4.78 is 45.9. The molecule has 1 aromatic rings. The number of nitrogens with zero attached hydrogens (tertiary/aromatic N) is 4. The average molecular weight is 761 g/mol. The lowest BCUT2D eigenvalue weighted by atomic mass is 10.0. The molecule has 1 saturated heterocycles. The van der Waals surface area contributed by atoms with Crippen LogP contribution in [0.3, 0.4) is 0 Å². The number of rotatable bonds is 18. The molecule has 0 aromatic carbocycles. The van der Waals surface area contributed by atoms with Gasteiger partial charge < -0.3 is 39.2 Å². The Balaban J connectivity index is 0.863. The summed E-state index contributed by atoms with van der Waals surface area (Å²) in [5.74, 6) is 1.49. The van der Waals surface area contributed by atoms with E-state index >= 15 is 0 Å². The number of phosphoric ester groups is 1. The van der Waals surface area contributed by atoms with E-state index in [1.54, 1.807) is 36.6 Å². The lowest BCUT2D eigenvalue weighted by Crippen LogP contribution is -2.45. The fraction of sp³-hybridized carbons (Fsp3) is 0.543. The van der Waals surface area contributed by atoms with Crippen molar-refractivity contribution in [2.45, 2.75) is 57.5 Å². The number of aryl methyl sites for hydroxylation is 2. The average Bonchev–Trinajstić information content (AvgIpc) is 3.39. The van der Waals surface area contributed by atoms with Gasteiger partial charge in [-0.25, -0.2) is 14.2 Å². The molecular formula is C35H49N6O11P. The Bertz CT molecular complexity index is 1640. The summed E-state index contributed by atoms with van der Waals surface area (Å²) in [7, 11) is -2.40. The van der Waals surface area contributed by atoms with E-state index in [2.05, 4.69) is 27.5 Å². The maximum Gasteiger partial charge on any atom is 0.526 e. The number of nitrogens with one attached hydrogen (secondary N) is 2. The van der Waals surface area contributed by atoms with Gasteiger partial charge in [0.15, 0.2) is 0 Å². The van der Waals surface area contributed by atoms with Gasteiger partial charge in [0.05, 0.1) is 56.9 Å². The van der Waals surface area contributed by atoms with Crippen molar-refractivity contribution in [3.63, 3.8) is 0 Å². The minimum atomic E-state index is -4.32. The van der Waals surface area contributed by atoms with Crippen molar-refractivity contribution >= 4 is 19.9 Å². The van der Waals surface area contributed by atoms with Crippen LogP contribution in [0.15, 0.2) is 73.0 Å². The van der Waals surface area contributed by atoms with Crippen molar-refractivity contribution in [1.29, 1.82) is 0 Å². The van der Waals surface area contributed by atoms with Crippen LogP contribution in [0.1, 0.15) is 37.6 Å². The molecule has 4 aliphatic rings. The van der Waals surface area contributed by atoms with Crippen LogP contribution in [0, 0.1) is 17.8 Å². The van der Waals surface area contributed by atoms with Crippen LogP contribution < -0.4 is 10.6 Å².